The molecule has 6 heteroatoms. The van der Waals surface area contributed by atoms with Gasteiger partial charge < -0.3 is 9.11 Å². The summed E-state index contributed by atoms with van der Waals surface area (Å²) in [6.45, 7) is 6.84. The summed E-state index contributed by atoms with van der Waals surface area (Å²) in [6, 6.07) is 0. The normalized spacial score (nSPS) is 14.9. The monoisotopic (exact) mass is 262 g/mol. The van der Waals surface area contributed by atoms with Crippen LogP contribution in [-0.4, -0.2) is 17.5 Å². The van der Waals surface area contributed by atoms with Crippen LogP contribution >= 0.6 is 0 Å². The molecule has 0 bridgehead atoms. The quantitative estimate of drug-likeness (QED) is 0.800. The number of hydrogen-bond donors (Lipinski definition) is 2. The molecule has 4 nitrogen and oxygen atoms in total. The van der Waals surface area contributed by atoms with E-state index in [2.05, 4.69) is 0 Å². The number of rotatable bonds is 2. The van der Waals surface area contributed by atoms with Gasteiger partial charge in [0, 0.05) is 0 Å². The van der Waals surface area contributed by atoms with E-state index in [9.17, 15) is 17.5 Å². The van der Waals surface area contributed by atoms with E-state index < -0.39 is 22.2 Å². The van der Waals surface area contributed by atoms with Crippen molar-refractivity contribution >= 4 is 22.2 Å². The van der Waals surface area contributed by atoms with Crippen molar-refractivity contribution in [2.24, 2.45) is 0 Å². The second-order valence-corrected chi connectivity index (χ2v) is 5.47. The molecule has 0 aromatic heterocycles. The first-order chi connectivity index (χ1) is 7.29. The lowest BCUT2D eigenvalue weighted by atomic mass is 10.0. The van der Waals surface area contributed by atoms with E-state index >= 15 is 0 Å². The molecule has 2 unspecified atom stereocenters. The van der Waals surface area contributed by atoms with E-state index in [0.29, 0.717) is 16.7 Å². The van der Waals surface area contributed by atoms with Gasteiger partial charge in [-0.2, -0.15) is 0 Å². The second kappa shape index (κ2) is 4.75. The van der Waals surface area contributed by atoms with Gasteiger partial charge in [-0.15, -0.1) is 0 Å². The maximum absolute atomic E-state index is 11.2. The molecule has 2 atom stereocenters. The molecule has 1 rings (SSSR count). The third kappa shape index (κ3) is 2.10. The highest BCUT2D eigenvalue weighted by Gasteiger charge is 2.20. The average molecular weight is 262 g/mol. The minimum absolute atomic E-state index is 0.237. The van der Waals surface area contributed by atoms with Crippen molar-refractivity contribution < 1.29 is 17.5 Å². The minimum Gasteiger partial charge on any atom is -0.302 e. The van der Waals surface area contributed by atoms with Gasteiger partial charge in [-0.25, -0.2) is 8.42 Å². The van der Waals surface area contributed by atoms with Gasteiger partial charge in [0.2, 0.25) is 0 Å². The molecule has 1 aromatic carbocycles. The van der Waals surface area contributed by atoms with Crippen LogP contribution in [0.3, 0.4) is 0 Å². The lowest BCUT2D eigenvalue weighted by Gasteiger charge is -2.16. The molecule has 0 aliphatic carbocycles. The Morgan fingerprint density at radius 2 is 1.00 bits per heavy atom. The Morgan fingerprint density at radius 1 is 0.688 bits per heavy atom. The van der Waals surface area contributed by atoms with Crippen LogP contribution < -0.4 is 0 Å². The van der Waals surface area contributed by atoms with E-state index in [1.165, 1.54) is 0 Å². The van der Waals surface area contributed by atoms with Crippen LogP contribution in [0, 0.1) is 27.7 Å². The van der Waals surface area contributed by atoms with Crippen molar-refractivity contribution in [1.82, 2.24) is 0 Å². The third-order valence-electron chi connectivity index (χ3n) is 2.84. The van der Waals surface area contributed by atoms with Gasteiger partial charge in [0.15, 0.2) is 22.2 Å². The fourth-order valence-electron chi connectivity index (χ4n) is 1.81. The molecule has 0 amide bonds. The summed E-state index contributed by atoms with van der Waals surface area (Å²) < 4.78 is 40.8. The van der Waals surface area contributed by atoms with Crippen LogP contribution in [0.2, 0.25) is 0 Å². The summed E-state index contributed by atoms with van der Waals surface area (Å²) in [5, 5.41) is 0. The van der Waals surface area contributed by atoms with Crippen molar-refractivity contribution in [3.8, 4) is 0 Å². The van der Waals surface area contributed by atoms with Gasteiger partial charge in [-0.3, -0.25) is 0 Å². The van der Waals surface area contributed by atoms with Gasteiger partial charge in [0.25, 0.3) is 0 Å². The van der Waals surface area contributed by atoms with Crippen LogP contribution in [0.1, 0.15) is 22.3 Å². The van der Waals surface area contributed by atoms with Crippen LogP contribution in [0.15, 0.2) is 9.79 Å². The zero-order valence-corrected chi connectivity index (χ0v) is 11.2. The van der Waals surface area contributed by atoms with Crippen molar-refractivity contribution in [1.29, 1.82) is 0 Å². The Labute approximate surface area is 99.6 Å². The maximum atomic E-state index is 11.2. The zero-order valence-electron chi connectivity index (χ0n) is 9.53. The third-order valence-corrected chi connectivity index (χ3v) is 4.76. The average Bonchev–Trinajstić information content (AvgIpc) is 2.13. The van der Waals surface area contributed by atoms with Gasteiger partial charge in [0.05, 0.1) is 9.79 Å². The Kier molecular flexibility index (Phi) is 4.01. The Balaban J connectivity index is 3.80. The molecule has 0 heterocycles. The molecule has 0 spiro atoms. The fraction of sp³-hybridized carbons (Fsp3) is 0.400. The number of benzene rings is 1. The van der Waals surface area contributed by atoms with E-state index in [1.807, 2.05) is 0 Å². The molecule has 0 radical (unpaired) electrons. The van der Waals surface area contributed by atoms with E-state index in [0.717, 1.165) is 5.56 Å². The first-order valence-corrected chi connectivity index (χ1v) is 6.82. The summed E-state index contributed by atoms with van der Waals surface area (Å²) in [4.78, 5) is 0.473. The molecule has 0 saturated heterocycles. The molecular formula is C10H14O4S2. The summed E-state index contributed by atoms with van der Waals surface area (Å²) in [6.07, 6.45) is 0. The minimum atomic E-state index is -2.14. The predicted octanol–water partition coefficient (Wildman–Crippen LogP) is 2.08. The Morgan fingerprint density at radius 3 is 1.25 bits per heavy atom. The lowest BCUT2D eigenvalue weighted by molar-refractivity contribution is 0.559. The standard InChI is InChI=1S/C10H14O4S2/c1-5-6(2)9(15(11)12)8(4)10(7(5)3)16(13)14/h1-4H3,(H,11,12)(H,13,14). The highest BCUT2D eigenvalue weighted by molar-refractivity contribution is 7.80. The molecule has 0 fully saturated rings. The summed E-state index contributed by atoms with van der Waals surface area (Å²) in [5.74, 6) is 0. The Hall–Kier alpha value is -0.560. The fourth-order valence-corrected chi connectivity index (χ4v) is 3.43. The molecule has 90 valence electrons. The first-order valence-electron chi connectivity index (χ1n) is 4.61. The van der Waals surface area contributed by atoms with E-state index in [4.69, 9.17) is 0 Å². The van der Waals surface area contributed by atoms with Gasteiger partial charge in [0.1, 0.15) is 0 Å². The highest BCUT2D eigenvalue weighted by Crippen LogP contribution is 2.30. The first kappa shape index (κ1) is 13.5. The SMILES string of the molecule is Cc1c(C)c(S(=O)O)c(C)c(S(=O)O)c1C. The van der Waals surface area contributed by atoms with Gasteiger partial charge >= 0.3 is 0 Å². The van der Waals surface area contributed by atoms with Gasteiger partial charge in [-0.05, 0) is 49.9 Å². The topological polar surface area (TPSA) is 74.6 Å². The van der Waals surface area contributed by atoms with Crippen LogP contribution in [-0.2, 0) is 22.2 Å². The zero-order chi connectivity index (χ0) is 12.6. The molecule has 16 heavy (non-hydrogen) atoms. The molecule has 0 aliphatic heterocycles. The Bertz CT molecular complexity index is 453. The van der Waals surface area contributed by atoms with E-state index in [1.54, 1.807) is 27.7 Å². The summed E-state index contributed by atoms with van der Waals surface area (Å²) in [7, 11) is 0. The van der Waals surface area contributed by atoms with E-state index in [-0.39, 0.29) is 9.79 Å². The molecule has 1 aromatic rings. The van der Waals surface area contributed by atoms with Crippen molar-refractivity contribution in [3.63, 3.8) is 0 Å². The molecular weight excluding hydrogens is 248 g/mol. The highest BCUT2D eigenvalue weighted by atomic mass is 32.2. The van der Waals surface area contributed by atoms with Crippen LogP contribution in [0.4, 0.5) is 0 Å². The van der Waals surface area contributed by atoms with Crippen LogP contribution in [0.5, 0.6) is 0 Å². The maximum Gasteiger partial charge on any atom is 0.187 e. The lowest BCUT2D eigenvalue weighted by Crippen LogP contribution is -2.07. The van der Waals surface area contributed by atoms with Crippen molar-refractivity contribution in [2.75, 3.05) is 0 Å². The van der Waals surface area contributed by atoms with Crippen LogP contribution in [0.25, 0.3) is 0 Å². The largest absolute Gasteiger partial charge is 0.302 e. The summed E-state index contributed by atoms with van der Waals surface area (Å²) in [5.41, 5.74) is 2.60. The second-order valence-electron chi connectivity index (χ2n) is 3.66. The summed E-state index contributed by atoms with van der Waals surface area (Å²) >= 11 is -4.29. The number of hydrogen-bond acceptors (Lipinski definition) is 2. The molecule has 2 N–H and O–H groups in total. The molecule has 0 aliphatic rings. The van der Waals surface area contributed by atoms with Crippen molar-refractivity contribution in [2.45, 2.75) is 37.5 Å². The van der Waals surface area contributed by atoms with Gasteiger partial charge in [-0.1, -0.05) is 0 Å². The van der Waals surface area contributed by atoms with Crippen molar-refractivity contribution in [3.05, 3.63) is 22.3 Å². The molecule has 0 saturated carbocycles. The smallest absolute Gasteiger partial charge is 0.187 e. The predicted molar refractivity (Wildman–Crippen MR) is 63.5 cm³/mol.